The molecule has 8 heteroatoms. The Morgan fingerprint density at radius 3 is 2.62 bits per heavy atom. The molecule has 3 rings (SSSR count). The third kappa shape index (κ3) is 4.91. The van der Waals surface area contributed by atoms with E-state index in [1.165, 1.54) is 0 Å². The van der Waals surface area contributed by atoms with Gasteiger partial charge in [-0.25, -0.2) is 4.98 Å². The Morgan fingerprint density at radius 1 is 1.19 bits per heavy atom. The van der Waals surface area contributed by atoms with Crippen molar-refractivity contribution in [3.8, 4) is 0 Å². The highest BCUT2D eigenvalue weighted by Crippen LogP contribution is 2.22. The van der Waals surface area contributed by atoms with E-state index in [-0.39, 0.29) is 11.9 Å². The fourth-order valence-corrected chi connectivity index (χ4v) is 3.40. The van der Waals surface area contributed by atoms with Crippen LogP contribution in [0.4, 0.5) is 11.8 Å². The van der Waals surface area contributed by atoms with E-state index in [1.807, 2.05) is 25.1 Å². The Kier molecular flexibility index (Phi) is 6.03. The van der Waals surface area contributed by atoms with E-state index in [0.29, 0.717) is 17.6 Å². The second kappa shape index (κ2) is 8.44. The van der Waals surface area contributed by atoms with E-state index in [1.54, 1.807) is 24.7 Å². The van der Waals surface area contributed by atoms with E-state index < -0.39 is 0 Å². The van der Waals surface area contributed by atoms with Gasteiger partial charge in [-0.2, -0.15) is 4.98 Å². The first kappa shape index (κ1) is 18.6. The molecular weight excluding hydrogens is 396 g/mol. The quantitative estimate of drug-likeness (QED) is 0.776. The summed E-state index contributed by atoms with van der Waals surface area (Å²) < 4.78 is 0.804. The molecule has 2 N–H and O–H groups in total. The number of nitrogens with zero attached hydrogens (tertiary/aromatic N) is 4. The Morgan fingerprint density at radius 2 is 1.92 bits per heavy atom. The van der Waals surface area contributed by atoms with Gasteiger partial charge in [-0.3, -0.25) is 9.78 Å². The molecule has 1 fully saturated rings. The monoisotopic (exact) mass is 418 g/mol. The fourth-order valence-electron chi connectivity index (χ4n) is 3.04. The Labute approximate surface area is 161 Å². The van der Waals surface area contributed by atoms with E-state index in [0.717, 1.165) is 36.0 Å². The zero-order valence-corrected chi connectivity index (χ0v) is 16.5. The van der Waals surface area contributed by atoms with Gasteiger partial charge in [0.25, 0.3) is 5.91 Å². The van der Waals surface area contributed by atoms with Gasteiger partial charge in [0.15, 0.2) is 0 Å². The molecule has 2 aromatic rings. The lowest BCUT2D eigenvalue weighted by Crippen LogP contribution is -2.40. The molecule has 1 aliphatic rings. The van der Waals surface area contributed by atoms with Crippen LogP contribution in [0.2, 0.25) is 0 Å². The van der Waals surface area contributed by atoms with Crippen LogP contribution >= 0.6 is 15.9 Å². The molecule has 0 atom stereocenters. The summed E-state index contributed by atoms with van der Waals surface area (Å²) in [5.41, 5.74) is 0.577. The van der Waals surface area contributed by atoms with Gasteiger partial charge < -0.3 is 15.5 Å². The minimum Gasteiger partial charge on any atom is -0.363 e. The van der Waals surface area contributed by atoms with Crippen molar-refractivity contribution < 1.29 is 4.79 Å². The number of hydrogen-bond acceptors (Lipinski definition) is 6. The minimum absolute atomic E-state index is 0.0720. The Hall–Kier alpha value is -2.22. The predicted octanol–water partition coefficient (Wildman–Crippen LogP) is 2.85. The Balaban J connectivity index is 1.50. The normalized spacial score (nSPS) is 19.7. The lowest BCUT2D eigenvalue weighted by Gasteiger charge is -2.29. The van der Waals surface area contributed by atoms with Crippen molar-refractivity contribution in [1.82, 2.24) is 20.3 Å². The summed E-state index contributed by atoms with van der Waals surface area (Å²) in [4.78, 5) is 27.1. The summed E-state index contributed by atoms with van der Waals surface area (Å²) in [6, 6.07) is 4.18. The maximum absolute atomic E-state index is 12.3. The molecule has 0 aromatic carbocycles. The second-order valence-electron chi connectivity index (χ2n) is 6.69. The molecule has 26 heavy (non-hydrogen) atoms. The average Bonchev–Trinajstić information content (AvgIpc) is 2.63. The predicted molar refractivity (Wildman–Crippen MR) is 105 cm³/mol. The number of carbonyl (C=O) groups excluding carboxylic acids is 1. The highest BCUT2D eigenvalue weighted by atomic mass is 79.9. The van der Waals surface area contributed by atoms with Crippen molar-refractivity contribution in [2.75, 3.05) is 24.3 Å². The van der Waals surface area contributed by atoms with Crippen molar-refractivity contribution in [3.63, 3.8) is 0 Å². The van der Waals surface area contributed by atoms with E-state index in [2.05, 4.69) is 41.5 Å². The van der Waals surface area contributed by atoms with E-state index >= 15 is 0 Å². The maximum atomic E-state index is 12.3. The zero-order valence-electron chi connectivity index (χ0n) is 14.9. The van der Waals surface area contributed by atoms with Crippen LogP contribution in [0.15, 0.2) is 35.2 Å². The molecule has 0 unspecified atom stereocenters. The smallest absolute Gasteiger partial charge is 0.253 e. The molecular formula is C18H23BrN6O. The number of halogens is 1. The molecule has 1 aliphatic carbocycles. The van der Waals surface area contributed by atoms with Gasteiger partial charge in [-0.15, -0.1) is 0 Å². The SMILES string of the molecule is CN(C)c1ccnc(N[C@H]2CC[C@@H](NC(=O)c3cncc(Br)c3)CC2)n1. The summed E-state index contributed by atoms with van der Waals surface area (Å²) in [6.45, 7) is 0. The van der Waals surface area contributed by atoms with Crippen LogP contribution in [0.5, 0.6) is 0 Å². The lowest BCUT2D eigenvalue weighted by molar-refractivity contribution is 0.0926. The van der Waals surface area contributed by atoms with Crippen LogP contribution in [-0.4, -0.2) is 47.0 Å². The average molecular weight is 419 g/mol. The number of nitrogens with one attached hydrogen (secondary N) is 2. The number of anilines is 2. The molecule has 0 saturated heterocycles. The van der Waals surface area contributed by atoms with Crippen LogP contribution < -0.4 is 15.5 Å². The largest absolute Gasteiger partial charge is 0.363 e. The van der Waals surface area contributed by atoms with E-state index in [9.17, 15) is 4.79 Å². The molecule has 2 aromatic heterocycles. The van der Waals surface area contributed by atoms with Crippen molar-refractivity contribution in [2.45, 2.75) is 37.8 Å². The summed E-state index contributed by atoms with van der Waals surface area (Å²) in [7, 11) is 3.92. The molecule has 0 spiro atoms. The first-order valence-corrected chi connectivity index (χ1v) is 9.49. The van der Waals surface area contributed by atoms with Gasteiger partial charge in [0, 0.05) is 49.2 Å². The van der Waals surface area contributed by atoms with E-state index in [4.69, 9.17) is 0 Å². The second-order valence-corrected chi connectivity index (χ2v) is 7.61. The third-order valence-corrected chi connectivity index (χ3v) is 4.90. The summed E-state index contributed by atoms with van der Waals surface area (Å²) in [5, 5.41) is 6.52. The molecule has 0 bridgehead atoms. The van der Waals surface area contributed by atoms with Gasteiger partial charge in [0.05, 0.1) is 5.56 Å². The standard InChI is InChI=1S/C18H23BrN6O/c1-25(2)16-7-8-21-18(24-16)23-15-5-3-14(4-6-15)22-17(26)12-9-13(19)11-20-10-12/h7-11,14-15H,3-6H2,1-2H3,(H,22,26)(H,21,23,24)/t14-,15+. The minimum atomic E-state index is -0.0720. The van der Waals surface area contributed by atoms with Crippen LogP contribution in [-0.2, 0) is 0 Å². The molecule has 1 amide bonds. The van der Waals surface area contributed by atoms with Crippen molar-refractivity contribution in [2.24, 2.45) is 0 Å². The summed E-state index contributed by atoms with van der Waals surface area (Å²) in [6.07, 6.45) is 8.82. The van der Waals surface area contributed by atoms with Gasteiger partial charge in [0.2, 0.25) is 5.95 Å². The van der Waals surface area contributed by atoms with Crippen molar-refractivity contribution in [1.29, 1.82) is 0 Å². The molecule has 7 nitrogen and oxygen atoms in total. The molecule has 0 radical (unpaired) electrons. The first-order chi connectivity index (χ1) is 12.5. The van der Waals surface area contributed by atoms with Crippen LogP contribution in [0.1, 0.15) is 36.0 Å². The number of amides is 1. The molecule has 0 aliphatic heterocycles. The fraction of sp³-hybridized carbons (Fsp3) is 0.444. The molecule has 2 heterocycles. The molecule has 1 saturated carbocycles. The highest BCUT2D eigenvalue weighted by molar-refractivity contribution is 9.10. The number of hydrogen-bond donors (Lipinski definition) is 2. The molecule has 138 valence electrons. The van der Waals surface area contributed by atoms with Crippen LogP contribution in [0, 0.1) is 0 Å². The van der Waals surface area contributed by atoms with Crippen molar-refractivity contribution in [3.05, 3.63) is 40.8 Å². The van der Waals surface area contributed by atoms with Crippen LogP contribution in [0.25, 0.3) is 0 Å². The lowest BCUT2D eigenvalue weighted by atomic mass is 9.91. The summed E-state index contributed by atoms with van der Waals surface area (Å²) in [5.74, 6) is 1.47. The third-order valence-electron chi connectivity index (χ3n) is 4.46. The van der Waals surface area contributed by atoms with Crippen molar-refractivity contribution >= 4 is 33.6 Å². The Bertz CT molecular complexity index is 761. The number of pyridine rings is 1. The first-order valence-electron chi connectivity index (χ1n) is 8.69. The maximum Gasteiger partial charge on any atom is 0.253 e. The van der Waals surface area contributed by atoms with Gasteiger partial charge in [0.1, 0.15) is 5.82 Å². The zero-order chi connectivity index (χ0) is 18.5. The number of aromatic nitrogens is 3. The van der Waals surface area contributed by atoms with Crippen LogP contribution in [0.3, 0.4) is 0 Å². The number of rotatable bonds is 5. The summed E-state index contributed by atoms with van der Waals surface area (Å²) >= 11 is 3.34. The van der Waals surface area contributed by atoms with Gasteiger partial charge in [-0.05, 0) is 53.7 Å². The van der Waals surface area contributed by atoms with Gasteiger partial charge >= 0.3 is 0 Å². The highest BCUT2D eigenvalue weighted by Gasteiger charge is 2.23. The number of carbonyl (C=O) groups is 1. The topological polar surface area (TPSA) is 83.0 Å². The van der Waals surface area contributed by atoms with Gasteiger partial charge in [-0.1, -0.05) is 0 Å².